The van der Waals surface area contributed by atoms with Gasteiger partial charge in [0.1, 0.15) is 23.0 Å². The monoisotopic (exact) mass is 389 g/mol. The first-order valence-corrected chi connectivity index (χ1v) is 9.38. The van der Waals surface area contributed by atoms with E-state index < -0.39 is 5.63 Å². The standard InChI is InChI=1S/C25H15N3O2/c26-14-21-18(15-6-2-1-3-7-15)13-22(28-24(21)27)20-12-19-17-9-5-4-8-16(17)10-11-23(19)30-25(20)29/h1-13H,(H2,27,28). The van der Waals surface area contributed by atoms with E-state index in [4.69, 9.17) is 10.2 Å². The van der Waals surface area contributed by atoms with Gasteiger partial charge in [0, 0.05) is 10.9 Å². The molecule has 5 rings (SSSR count). The molecule has 5 heteroatoms. The van der Waals surface area contributed by atoms with Crippen LogP contribution in [-0.2, 0) is 0 Å². The second-order valence-electron chi connectivity index (χ2n) is 6.94. The first kappa shape index (κ1) is 17.7. The Morgan fingerprint density at radius 1 is 0.867 bits per heavy atom. The highest BCUT2D eigenvalue weighted by molar-refractivity contribution is 6.06. The summed E-state index contributed by atoms with van der Waals surface area (Å²) in [5.74, 6) is 0.0752. The highest BCUT2D eigenvalue weighted by atomic mass is 16.4. The summed E-state index contributed by atoms with van der Waals surface area (Å²) in [6, 6.07) is 26.6. The van der Waals surface area contributed by atoms with E-state index in [0.29, 0.717) is 22.4 Å². The molecule has 30 heavy (non-hydrogen) atoms. The number of nitriles is 1. The van der Waals surface area contributed by atoms with E-state index >= 15 is 0 Å². The molecule has 5 aromatic rings. The fourth-order valence-electron chi connectivity index (χ4n) is 3.72. The van der Waals surface area contributed by atoms with Gasteiger partial charge in [-0.2, -0.15) is 5.26 Å². The molecule has 0 radical (unpaired) electrons. The molecule has 0 aliphatic heterocycles. The maximum Gasteiger partial charge on any atom is 0.345 e. The van der Waals surface area contributed by atoms with Crippen LogP contribution in [0, 0.1) is 11.3 Å². The maximum atomic E-state index is 12.8. The predicted octanol–water partition coefficient (Wildman–Crippen LogP) is 5.13. The zero-order valence-electron chi connectivity index (χ0n) is 15.8. The Kier molecular flexibility index (Phi) is 4.04. The van der Waals surface area contributed by atoms with Gasteiger partial charge in [-0.3, -0.25) is 0 Å². The average Bonchev–Trinajstić information content (AvgIpc) is 2.78. The van der Waals surface area contributed by atoms with Gasteiger partial charge in [-0.25, -0.2) is 9.78 Å². The Balaban J connectivity index is 1.81. The van der Waals surface area contributed by atoms with Crippen LogP contribution in [0.3, 0.4) is 0 Å². The van der Waals surface area contributed by atoms with Crippen molar-refractivity contribution in [3.63, 3.8) is 0 Å². The fourth-order valence-corrected chi connectivity index (χ4v) is 3.72. The van der Waals surface area contributed by atoms with Gasteiger partial charge in [0.25, 0.3) is 0 Å². The van der Waals surface area contributed by atoms with Crippen LogP contribution in [0.5, 0.6) is 0 Å². The van der Waals surface area contributed by atoms with Crippen molar-refractivity contribution in [2.45, 2.75) is 0 Å². The first-order chi connectivity index (χ1) is 14.7. The van der Waals surface area contributed by atoms with Crippen molar-refractivity contribution in [1.82, 2.24) is 4.98 Å². The van der Waals surface area contributed by atoms with Crippen molar-refractivity contribution in [2.24, 2.45) is 0 Å². The number of nitrogens with two attached hydrogens (primary N) is 1. The summed E-state index contributed by atoms with van der Waals surface area (Å²) < 4.78 is 5.60. The molecule has 2 N–H and O–H groups in total. The minimum absolute atomic E-state index is 0.0752. The van der Waals surface area contributed by atoms with Gasteiger partial charge in [-0.05, 0) is 34.5 Å². The summed E-state index contributed by atoms with van der Waals surface area (Å²) in [7, 11) is 0. The first-order valence-electron chi connectivity index (χ1n) is 9.38. The third-order valence-corrected chi connectivity index (χ3v) is 5.16. The summed E-state index contributed by atoms with van der Waals surface area (Å²) in [6.45, 7) is 0. The number of nitrogen functional groups attached to an aromatic ring is 1. The van der Waals surface area contributed by atoms with E-state index in [1.807, 2.05) is 60.7 Å². The summed E-state index contributed by atoms with van der Waals surface area (Å²) >= 11 is 0. The molecule has 5 nitrogen and oxygen atoms in total. The SMILES string of the molecule is N#Cc1c(-c2ccccc2)cc(-c2cc3c(ccc4ccccc43)oc2=O)nc1N. The lowest BCUT2D eigenvalue weighted by Crippen LogP contribution is -2.07. The summed E-state index contributed by atoms with van der Waals surface area (Å²) in [5.41, 5.74) is 8.48. The molecule has 0 amide bonds. The lowest BCUT2D eigenvalue weighted by atomic mass is 9.98. The zero-order chi connectivity index (χ0) is 20.7. The Hall–Kier alpha value is -4.43. The van der Waals surface area contributed by atoms with Gasteiger partial charge in [-0.15, -0.1) is 0 Å². The fraction of sp³-hybridized carbons (Fsp3) is 0. The van der Waals surface area contributed by atoms with Gasteiger partial charge in [0.2, 0.25) is 0 Å². The third-order valence-electron chi connectivity index (χ3n) is 5.16. The van der Waals surface area contributed by atoms with E-state index in [0.717, 1.165) is 21.7 Å². The number of rotatable bonds is 2. The van der Waals surface area contributed by atoms with Crippen LogP contribution >= 0.6 is 0 Å². The summed E-state index contributed by atoms with van der Waals surface area (Å²) in [4.78, 5) is 17.1. The number of aromatic nitrogens is 1. The lowest BCUT2D eigenvalue weighted by molar-refractivity contribution is 0.563. The molecule has 0 bridgehead atoms. The smallest absolute Gasteiger partial charge is 0.345 e. The van der Waals surface area contributed by atoms with Crippen molar-refractivity contribution in [3.8, 4) is 28.5 Å². The van der Waals surface area contributed by atoms with E-state index in [1.165, 1.54) is 0 Å². The van der Waals surface area contributed by atoms with Crippen molar-refractivity contribution < 1.29 is 4.42 Å². The number of hydrogen-bond donors (Lipinski definition) is 1. The van der Waals surface area contributed by atoms with Crippen molar-refractivity contribution in [1.29, 1.82) is 5.26 Å². The minimum Gasteiger partial charge on any atom is -0.422 e. The van der Waals surface area contributed by atoms with Crippen LogP contribution in [0.25, 0.3) is 44.1 Å². The summed E-state index contributed by atoms with van der Waals surface area (Å²) in [6.07, 6.45) is 0. The maximum absolute atomic E-state index is 12.8. The van der Waals surface area contributed by atoms with Crippen molar-refractivity contribution in [3.05, 3.63) is 94.8 Å². The van der Waals surface area contributed by atoms with Crippen LogP contribution in [0.1, 0.15) is 5.56 Å². The minimum atomic E-state index is -0.506. The van der Waals surface area contributed by atoms with Crippen molar-refractivity contribution in [2.75, 3.05) is 5.73 Å². The van der Waals surface area contributed by atoms with Crippen LogP contribution in [0.15, 0.2) is 88.1 Å². The largest absolute Gasteiger partial charge is 0.422 e. The highest BCUT2D eigenvalue weighted by Crippen LogP contribution is 2.32. The quantitative estimate of drug-likeness (QED) is 0.334. The molecule has 142 valence electrons. The van der Waals surface area contributed by atoms with E-state index in [1.54, 1.807) is 18.2 Å². The number of hydrogen-bond acceptors (Lipinski definition) is 5. The Labute approximate surface area is 171 Å². The predicted molar refractivity (Wildman–Crippen MR) is 118 cm³/mol. The lowest BCUT2D eigenvalue weighted by Gasteiger charge is -2.10. The molecular weight excluding hydrogens is 374 g/mol. The van der Waals surface area contributed by atoms with Gasteiger partial charge in [0.05, 0.1) is 11.3 Å². The molecule has 0 saturated carbocycles. The molecule has 2 aromatic heterocycles. The molecule has 0 spiro atoms. The number of nitrogens with zero attached hydrogens (tertiary/aromatic N) is 2. The second-order valence-corrected chi connectivity index (χ2v) is 6.94. The van der Waals surface area contributed by atoms with Crippen LogP contribution in [0.4, 0.5) is 5.82 Å². The van der Waals surface area contributed by atoms with Crippen LogP contribution in [-0.4, -0.2) is 4.98 Å². The molecule has 0 fully saturated rings. The Morgan fingerprint density at radius 2 is 1.63 bits per heavy atom. The molecule has 0 saturated heterocycles. The Morgan fingerprint density at radius 3 is 2.43 bits per heavy atom. The number of fused-ring (bicyclic) bond motifs is 3. The van der Waals surface area contributed by atoms with E-state index in [2.05, 4.69) is 11.1 Å². The van der Waals surface area contributed by atoms with Gasteiger partial charge < -0.3 is 10.2 Å². The molecule has 0 aliphatic carbocycles. The number of anilines is 1. The molecule has 0 atom stereocenters. The average molecular weight is 389 g/mol. The molecule has 0 unspecified atom stereocenters. The van der Waals surface area contributed by atoms with E-state index in [-0.39, 0.29) is 11.4 Å². The number of pyridine rings is 1. The highest BCUT2D eigenvalue weighted by Gasteiger charge is 2.17. The molecule has 2 heterocycles. The second kappa shape index (κ2) is 6.87. The summed E-state index contributed by atoms with van der Waals surface area (Å²) in [5, 5.41) is 12.4. The van der Waals surface area contributed by atoms with Crippen molar-refractivity contribution >= 4 is 27.6 Å². The number of benzene rings is 3. The van der Waals surface area contributed by atoms with Gasteiger partial charge in [-0.1, -0.05) is 60.7 Å². The third kappa shape index (κ3) is 2.79. The normalized spacial score (nSPS) is 10.9. The van der Waals surface area contributed by atoms with Crippen LogP contribution in [0.2, 0.25) is 0 Å². The molecule has 0 aliphatic rings. The van der Waals surface area contributed by atoms with Gasteiger partial charge in [0.15, 0.2) is 0 Å². The molecular formula is C25H15N3O2. The zero-order valence-corrected chi connectivity index (χ0v) is 15.8. The van der Waals surface area contributed by atoms with Gasteiger partial charge >= 0.3 is 5.63 Å². The Bertz CT molecular complexity index is 1530. The molecule has 3 aromatic carbocycles. The van der Waals surface area contributed by atoms with E-state index in [9.17, 15) is 10.1 Å². The van der Waals surface area contributed by atoms with Crippen LogP contribution < -0.4 is 11.4 Å². The topological polar surface area (TPSA) is 92.9 Å².